The van der Waals surface area contributed by atoms with E-state index in [0.717, 1.165) is 29.4 Å². The van der Waals surface area contributed by atoms with E-state index in [1.54, 1.807) is 6.07 Å². The lowest BCUT2D eigenvalue weighted by Gasteiger charge is -2.07. The van der Waals surface area contributed by atoms with Crippen molar-refractivity contribution in [1.29, 1.82) is 0 Å². The number of esters is 1. The van der Waals surface area contributed by atoms with Crippen molar-refractivity contribution in [3.63, 3.8) is 0 Å². The molecule has 0 aromatic carbocycles. The topological polar surface area (TPSA) is 96.2 Å². The standard InChI is InChI=1S/C13H16N4O3S/c1-19-12(18)11-8(4-5-20-11)7-21-13-16-15-10(6-14)17(13)9-2-3-9/h4-5,9H,2-3,6-7,14H2,1H3. The van der Waals surface area contributed by atoms with Gasteiger partial charge in [0.2, 0.25) is 5.76 Å². The fourth-order valence-corrected chi connectivity index (χ4v) is 3.11. The van der Waals surface area contributed by atoms with Gasteiger partial charge >= 0.3 is 5.97 Å². The first-order valence-corrected chi connectivity index (χ1v) is 7.64. The number of hydrogen-bond donors (Lipinski definition) is 1. The third-order valence-electron chi connectivity index (χ3n) is 3.30. The molecule has 8 heteroatoms. The summed E-state index contributed by atoms with van der Waals surface area (Å²) < 4.78 is 12.0. The molecule has 0 saturated heterocycles. The Labute approximate surface area is 125 Å². The first-order chi connectivity index (χ1) is 10.2. The van der Waals surface area contributed by atoms with E-state index in [0.29, 0.717) is 18.3 Å². The van der Waals surface area contributed by atoms with Gasteiger partial charge in [0.25, 0.3) is 0 Å². The average molecular weight is 308 g/mol. The second-order valence-corrected chi connectivity index (χ2v) is 5.70. The lowest BCUT2D eigenvalue weighted by Crippen LogP contribution is -2.08. The highest BCUT2D eigenvalue weighted by Gasteiger charge is 2.29. The van der Waals surface area contributed by atoms with Crippen LogP contribution in [0.4, 0.5) is 0 Å². The molecule has 2 aromatic rings. The lowest BCUT2D eigenvalue weighted by molar-refractivity contribution is 0.0564. The van der Waals surface area contributed by atoms with Gasteiger partial charge in [0.15, 0.2) is 5.16 Å². The highest BCUT2D eigenvalue weighted by atomic mass is 32.2. The molecule has 3 rings (SSSR count). The van der Waals surface area contributed by atoms with Crippen molar-refractivity contribution in [2.24, 2.45) is 5.73 Å². The Bertz CT molecular complexity index is 648. The van der Waals surface area contributed by atoms with Crippen LogP contribution in [0.5, 0.6) is 0 Å². The van der Waals surface area contributed by atoms with Crippen LogP contribution < -0.4 is 5.73 Å². The number of carbonyl (C=O) groups excluding carboxylic acids is 1. The summed E-state index contributed by atoms with van der Waals surface area (Å²) in [6, 6.07) is 2.23. The van der Waals surface area contributed by atoms with Gasteiger partial charge in [0.05, 0.1) is 19.9 Å². The Morgan fingerprint density at radius 1 is 1.57 bits per heavy atom. The van der Waals surface area contributed by atoms with Crippen molar-refractivity contribution in [3.8, 4) is 0 Å². The number of thioether (sulfide) groups is 1. The van der Waals surface area contributed by atoms with E-state index >= 15 is 0 Å². The zero-order chi connectivity index (χ0) is 14.8. The van der Waals surface area contributed by atoms with Crippen LogP contribution in [-0.2, 0) is 17.0 Å². The molecule has 1 aliphatic carbocycles. The minimum Gasteiger partial charge on any atom is -0.463 e. The molecule has 0 bridgehead atoms. The van der Waals surface area contributed by atoms with Gasteiger partial charge in [-0.1, -0.05) is 11.8 Å². The van der Waals surface area contributed by atoms with Crippen LogP contribution in [0.1, 0.15) is 40.8 Å². The highest BCUT2D eigenvalue weighted by molar-refractivity contribution is 7.98. The number of furan rings is 1. The summed E-state index contributed by atoms with van der Waals surface area (Å²) in [5.41, 5.74) is 6.48. The molecule has 112 valence electrons. The maximum Gasteiger partial charge on any atom is 0.374 e. The summed E-state index contributed by atoms with van der Waals surface area (Å²) in [5.74, 6) is 1.14. The Morgan fingerprint density at radius 3 is 3.05 bits per heavy atom. The van der Waals surface area contributed by atoms with Crippen molar-refractivity contribution >= 4 is 17.7 Å². The van der Waals surface area contributed by atoms with Crippen LogP contribution in [-0.4, -0.2) is 27.8 Å². The molecule has 1 saturated carbocycles. The SMILES string of the molecule is COC(=O)c1occc1CSc1nnc(CN)n1C1CC1. The van der Waals surface area contributed by atoms with Gasteiger partial charge in [0, 0.05) is 17.4 Å². The molecule has 1 aliphatic rings. The van der Waals surface area contributed by atoms with Crippen molar-refractivity contribution in [1.82, 2.24) is 14.8 Å². The fraction of sp³-hybridized carbons (Fsp3) is 0.462. The Balaban J connectivity index is 1.75. The van der Waals surface area contributed by atoms with Crippen molar-refractivity contribution in [2.75, 3.05) is 7.11 Å². The first-order valence-electron chi connectivity index (χ1n) is 6.66. The molecule has 2 N–H and O–H groups in total. The van der Waals surface area contributed by atoms with Gasteiger partial charge in [-0.3, -0.25) is 0 Å². The van der Waals surface area contributed by atoms with Crippen LogP contribution in [0, 0.1) is 0 Å². The molecule has 2 aromatic heterocycles. The Morgan fingerprint density at radius 2 is 2.38 bits per heavy atom. The summed E-state index contributed by atoms with van der Waals surface area (Å²) in [6.07, 6.45) is 3.76. The fourth-order valence-electron chi connectivity index (χ4n) is 2.11. The van der Waals surface area contributed by atoms with E-state index in [-0.39, 0.29) is 5.76 Å². The molecule has 0 radical (unpaired) electrons. The van der Waals surface area contributed by atoms with Gasteiger partial charge < -0.3 is 19.5 Å². The normalized spacial score (nSPS) is 14.4. The van der Waals surface area contributed by atoms with Gasteiger partial charge in [-0.25, -0.2) is 4.79 Å². The summed E-state index contributed by atoms with van der Waals surface area (Å²) in [5, 5.41) is 9.14. The van der Waals surface area contributed by atoms with Crippen LogP contribution in [0.3, 0.4) is 0 Å². The smallest absolute Gasteiger partial charge is 0.374 e. The number of nitrogens with two attached hydrogens (primary N) is 1. The summed E-state index contributed by atoms with van der Waals surface area (Å²) >= 11 is 1.52. The summed E-state index contributed by atoms with van der Waals surface area (Å²) in [6.45, 7) is 0.378. The molecule has 0 spiro atoms. The molecule has 0 atom stereocenters. The van der Waals surface area contributed by atoms with Gasteiger partial charge in [-0.15, -0.1) is 10.2 Å². The quantitative estimate of drug-likeness (QED) is 0.641. The molecular formula is C13H16N4O3S. The maximum absolute atomic E-state index is 11.6. The third-order valence-corrected chi connectivity index (χ3v) is 4.30. The van der Waals surface area contributed by atoms with E-state index in [2.05, 4.69) is 19.5 Å². The number of aromatic nitrogens is 3. The molecule has 0 amide bonds. The molecule has 0 aliphatic heterocycles. The van der Waals surface area contributed by atoms with E-state index in [4.69, 9.17) is 10.2 Å². The van der Waals surface area contributed by atoms with Crippen molar-refractivity contribution in [3.05, 3.63) is 29.5 Å². The summed E-state index contributed by atoms with van der Waals surface area (Å²) in [7, 11) is 1.33. The second kappa shape index (κ2) is 5.90. The van der Waals surface area contributed by atoms with Crippen LogP contribution in [0.25, 0.3) is 0 Å². The number of hydrogen-bond acceptors (Lipinski definition) is 7. The van der Waals surface area contributed by atoms with Gasteiger partial charge in [-0.05, 0) is 18.9 Å². The predicted molar refractivity (Wildman–Crippen MR) is 75.8 cm³/mol. The van der Waals surface area contributed by atoms with E-state index in [1.807, 2.05) is 0 Å². The molecular weight excluding hydrogens is 292 g/mol. The Hall–Kier alpha value is -1.80. The average Bonchev–Trinajstić information content (AvgIpc) is 3.09. The van der Waals surface area contributed by atoms with Gasteiger partial charge in [-0.2, -0.15) is 0 Å². The number of nitrogens with zero attached hydrogens (tertiary/aromatic N) is 3. The van der Waals surface area contributed by atoms with Crippen molar-refractivity contribution in [2.45, 2.75) is 36.3 Å². The van der Waals surface area contributed by atoms with E-state index in [9.17, 15) is 4.79 Å². The van der Waals surface area contributed by atoms with E-state index < -0.39 is 5.97 Å². The predicted octanol–water partition coefficient (Wildman–Crippen LogP) is 1.74. The lowest BCUT2D eigenvalue weighted by atomic mass is 10.3. The zero-order valence-corrected chi connectivity index (χ0v) is 12.4. The monoisotopic (exact) mass is 308 g/mol. The molecule has 2 heterocycles. The first kappa shape index (κ1) is 14.2. The minimum absolute atomic E-state index is 0.238. The highest BCUT2D eigenvalue weighted by Crippen LogP contribution is 2.39. The largest absolute Gasteiger partial charge is 0.463 e. The number of methoxy groups -OCH3 is 1. The molecule has 0 unspecified atom stereocenters. The molecule has 21 heavy (non-hydrogen) atoms. The Kier molecular flexibility index (Phi) is 3.98. The summed E-state index contributed by atoms with van der Waals surface area (Å²) in [4.78, 5) is 11.6. The van der Waals surface area contributed by atoms with Crippen LogP contribution in [0.15, 0.2) is 21.9 Å². The number of rotatable bonds is 6. The molecule has 1 fully saturated rings. The maximum atomic E-state index is 11.6. The second-order valence-electron chi connectivity index (χ2n) is 4.76. The van der Waals surface area contributed by atoms with Crippen molar-refractivity contribution < 1.29 is 13.9 Å². The van der Waals surface area contributed by atoms with E-state index in [1.165, 1.54) is 25.1 Å². The molecule has 7 nitrogen and oxygen atoms in total. The van der Waals surface area contributed by atoms with Crippen LogP contribution in [0.2, 0.25) is 0 Å². The minimum atomic E-state index is -0.470. The zero-order valence-electron chi connectivity index (χ0n) is 11.6. The number of ether oxygens (including phenoxy) is 1. The third kappa shape index (κ3) is 2.81. The van der Waals surface area contributed by atoms with Gasteiger partial charge in [0.1, 0.15) is 5.82 Å². The van der Waals surface area contributed by atoms with Crippen LogP contribution >= 0.6 is 11.8 Å². The number of carbonyl (C=O) groups is 1.